The summed E-state index contributed by atoms with van der Waals surface area (Å²) in [5.41, 5.74) is 1.74. The number of hydrogen-bond acceptors (Lipinski definition) is 4. The molecule has 0 saturated carbocycles. The van der Waals surface area contributed by atoms with E-state index in [9.17, 15) is 14.4 Å². The third kappa shape index (κ3) is 4.82. The first kappa shape index (κ1) is 24.2. The van der Waals surface area contributed by atoms with Gasteiger partial charge in [-0.15, -0.1) is 0 Å². The molecule has 1 saturated heterocycles. The fourth-order valence-electron chi connectivity index (χ4n) is 4.11. The molecule has 0 radical (unpaired) electrons. The van der Waals surface area contributed by atoms with E-state index in [0.717, 1.165) is 12.1 Å². The van der Waals surface area contributed by atoms with Crippen molar-refractivity contribution in [3.8, 4) is 5.75 Å². The van der Waals surface area contributed by atoms with E-state index in [-0.39, 0.29) is 0 Å². The minimum atomic E-state index is -1.15. The number of carbonyl (C=O) groups is 3. The second-order valence-electron chi connectivity index (χ2n) is 8.32. The van der Waals surface area contributed by atoms with Crippen LogP contribution >= 0.6 is 23.2 Å². The number of nitrogens with zero attached hydrogens (tertiary/aromatic N) is 1. The average Bonchev–Trinajstić information content (AvgIpc) is 3.00. The Morgan fingerprint density at radius 3 is 2.41 bits per heavy atom. The molecule has 1 fully saturated rings. The maximum absolute atomic E-state index is 13.5. The summed E-state index contributed by atoms with van der Waals surface area (Å²) in [5.74, 6) is -2.25. The normalized spacial score (nSPS) is 18.5. The number of rotatable bonds is 8. The van der Waals surface area contributed by atoms with E-state index in [1.807, 2.05) is 21.0 Å². The number of Topliss-reactive ketones (excluding diaryl/α,β-unsaturated/α-hetero) is 2. The number of ketones is 2. The largest absolute Gasteiger partial charge is 0.496 e. The zero-order chi connectivity index (χ0) is 23.6. The van der Waals surface area contributed by atoms with Gasteiger partial charge in [0.05, 0.1) is 43.8 Å². The van der Waals surface area contributed by atoms with Crippen LogP contribution in [0.25, 0.3) is 0 Å². The van der Waals surface area contributed by atoms with Crippen molar-refractivity contribution in [3.63, 3.8) is 0 Å². The van der Waals surface area contributed by atoms with E-state index in [1.54, 1.807) is 43.5 Å². The fourth-order valence-corrected chi connectivity index (χ4v) is 4.42. The number of nitrogens with one attached hydrogen (secondary N) is 1. The lowest BCUT2D eigenvalue weighted by Crippen LogP contribution is -3.05. The van der Waals surface area contributed by atoms with Gasteiger partial charge >= 0.3 is 0 Å². The summed E-state index contributed by atoms with van der Waals surface area (Å²) in [4.78, 5) is 42.3. The molecular formula is C24H27Cl2N2O4+. The average molecular weight is 478 g/mol. The Morgan fingerprint density at radius 1 is 1.09 bits per heavy atom. The molecule has 1 N–H and O–H groups in total. The van der Waals surface area contributed by atoms with Crippen molar-refractivity contribution < 1.29 is 24.0 Å². The topological polar surface area (TPSA) is 68.1 Å². The van der Waals surface area contributed by atoms with Gasteiger partial charge < -0.3 is 14.5 Å². The van der Waals surface area contributed by atoms with Gasteiger partial charge in [0.1, 0.15) is 11.7 Å². The number of halogens is 2. The molecule has 0 bridgehead atoms. The smallest absolute Gasteiger partial charge is 0.291 e. The number of benzene rings is 2. The highest BCUT2D eigenvalue weighted by molar-refractivity contribution is 6.44. The van der Waals surface area contributed by atoms with E-state index in [2.05, 4.69) is 0 Å². The van der Waals surface area contributed by atoms with Crippen molar-refractivity contribution in [1.29, 1.82) is 0 Å². The van der Waals surface area contributed by atoms with Gasteiger partial charge in [-0.05, 0) is 48.4 Å². The van der Waals surface area contributed by atoms with E-state index < -0.39 is 29.4 Å². The van der Waals surface area contributed by atoms with Gasteiger partial charge in [0.2, 0.25) is 5.78 Å². The third-order valence-electron chi connectivity index (χ3n) is 5.73. The molecule has 8 heteroatoms. The van der Waals surface area contributed by atoms with E-state index >= 15 is 0 Å². The number of ether oxygens (including phenoxy) is 1. The van der Waals surface area contributed by atoms with Gasteiger partial charge in [-0.3, -0.25) is 14.4 Å². The minimum absolute atomic E-state index is 0.306. The van der Waals surface area contributed by atoms with Crippen LogP contribution in [0.2, 0.25) is 10.0 Å². The number of amides is 1. The zero-order valence-electron chi connectivity index (χ0n) is 18.6. The minimum Gasteiger partial charge on any atom is -0.496 e. The highest BCUT2D eigenvalue weighted by Crippen LogP contribution is 2.40. The molecule has 3 rings (SSSR count). The van der Waals surface area contributed by atoms with Crippen molar-refractivity contribution in [2.24, 2.45) is 5.92 Å². The molecule has 1 amide bonds. The number of methoxy groups -OCH3 is 1. The zero-order valence-corrected chi connectivity index (χ0v) is 20.1. The third-order valence-corrected chi connectivity index (χ3v) is 6.47. The van der Waals surface area contributed by atoms with Crippen LogP contribution < -0.4 is 9.64 Å². The van der Waals surface area contributed by atoms with Gasteiger partial charge in [0, 0.05) is 18.5 Å². The second-order valence-corrected chi connectivity index (χ2v) is 9.13. The highest BCUT2D eigenvalue weighted by Gasteiger charge is 2.51. The molecule has 1 aliphatic rings. The summed E-state index contributed by atoms with van der Waals surface area (Å²) in [7, 11) is 5.59. The number of quaternary nitrogens is 1. The summed E-state index contributed by atoms with van der Waals surface area (Å²) >= 11 is 12.3. The van der Waals surface area contributed by atoms with Crippen LogP contribution in [0.4, 0.5) is 0 Å². The SMILES string of the molecule is COc1ccc(C(=O)C2C(=O)C(=O)N(CCC[NH+](C)C)C2c2ccc(Cl)c(Cl)c2)cc1C. The van der Waals surface area contributed by atoms with Crippen molar-refractivity contribution in [3.05, 3.63) is 63.1 Å². The Hall–Kier alpha value is -2.41. The van der Waals surface area contributed by atoms with Crippen molar-refractivity contribution >= 4 is 40.7 Å². The number of carbonyl (C=O) groups excluding carboxylic acids is 3. The predicted octanol–water partition coefficient (Wildman–Crippen LogP) is 2.80. The summed E-state index contributed by atoms with van der Waals surface area (Å²) in [6.07, 6.45) is 0.696. The van der Waals surface area contributed by atoms with Crippen LogP contribution in [-0.2, 0) is 9.59 Å². The fraction of sp³-hybridized carbons (Fsp3) is 0.375. The monoisotopic (exact) mass is 477 g/mol. The molecule has 1 aliphatic heterocycles. The van der Waals surface area contributed by atoms with Crippen LogP contribution in [-0.4, -0.2) is 56.7 Å². The van der Waals surface area contributed by atoms with Crippen molar-refractivity contribution in [1.82, 2.24) is 4.90 Å². The molecule has 2 atom stereocenters. The maximum Gasteiger partial charge on any atom is 0.291 e. The summed E-state index contributed by atoms with van der Waals surface area (Å²) in [6, 6.07) is 9.22. The Bertz CT molecular complexity index is 1050. The highest BCUT2D eigenvalue weighted by atomic mass is 35.5. The van der Waals surface area contributed by atoms with Crippen molar-refractivity contribution in [2.75, 3.05) is 34.3 Å². The van der Waals surface area contributed by atoms with Crippen LogP contribution in [0, 0.1) is 12.8 Å². The molecule has 32 heavy (non-hydrogen) atoms. The molecule has 2 aromatic rings. The van der Waals surface area contributed by atoms with Crippen LogP contribution in [0.5, 0.6) is 5.75 Å². The number of hydrogen-bond donors (Lipinski definition) is 1. The van der Waals surface area contributed by atoms with Crippen LogP contribution in [0.3, 0.4) is 0 Å². The molecule has 0 spiro atoms. The van der Waals surface area contributed by atoms with Gasteiger partial charge in [0.15, 0.2) is 5.78 Å². The van der Waals surface area contributed by atoms with E-state index in [4.69, 9.17) is 27.9 Å². The molecule has 0 aliphatic carbocycles. The Morgan fingerprint density at radius 2 is 1.81 bits per heavy atom. The first-order valence-corrected chi connectivity index (χ1v) is 11.2. The molecule has 6 nitrogen and oxygen atoms in total. The van der Waals surface area contributed by atoms with Crippen LogP contribution in [0.15, 0.2) is 36.4 Å². The Balaban J connectivity index is 2.03. The van der Waals surface area contributed by atoms with E-state index in [1.165, 1.54) is 9.80 Å². The quantitative estimate of drug-likeness (QED) is 0.360. The predicted molar refractivity (Wildman–Crippen MR) is 124 cm³/mol. The summed E-state index contributed by atoms with van der Waals surface area (Å²) in [5, 5.41) is 0.669. The van der Waals surface area contributed by atoms with Crippen LogP contribution in [0.1, 0.15) is 33.9 Å². The lowest BCUT2D eigenvalue weighted by molar-refractivity contribution is -0.858. The molecule has 0 aromatic heterocycles. The number of likely N-dealkylation sites (tertiary alicyclic amines) is 1. The van der Waals surface area contributed by atoms with Gasteiger partial charge in [0.25, 0.3) is 5.91 Å². The first-order valence-electron chi connectivity index (χ1n) is 10.4. The Labute approximate surface area is 198 Å². The lowest BCUT2D eigenvalue weighted by atomic mass is 9.86. The van der Waals surface area contributed by atoms with Gasteiger partial charge in [-0.2, -0.15) is 0 Å². The first-order chi connectivity index (χ1) is 15.1. The molecule has 2 aromatic carbocycles. The Kier molecular flexibility index (Phi) is 7.59. The molecule has 1 heterocycles. The summed E-state index contributed by atoms with van der Waals surface area (Å²) in [6.45, 7) is 3.01. The standard InChI is InChI=1S/C24H26Cl2N2O4/c1-14-12-16(7-9-19(14)32-4)22(29)20-21(15-6-8-17(25)18(26)13-15)28(24(31)23(20)30)11-5-10-27(2)3/h6-9,12-13,20-21H,5,10-11H2,1-4H3/p+1. The van der Waals surface area contributed by atoms with Gasteiger partial charge in [-0.1, -0.05) is 29.3 Å². The molecule has 2 unspecified atom stereocenters. The second kappa shape index (κ2) is 10.0. The number of aryl methyl sites for hydroxylation is 1. The maximum atomic E-state index is 13.5. The molecular weight excluding hydrogens is 451 g/mol. The molecule has 170 valence electrons. The summed E-state index contributed by atoms with van der Waals surface area (Å²) < 4.78 is 5.27. The lowest BCUT2D eigenvalue weighted by Gasteiger charge is -2.27. The van der Waals surface area contributed by atoms with E-state index in [0.29, 0.717) is 39.9 Å². The van der Waals surface area contributed by atoms with Crippen molar-refractivity contribution in [2.45, 2.75) is 19.4 Å². The van der Waals surface area contributed by atoms with Gasteiger partial charge in [-0.25, -0.2) is 0 Å².